The Hall–Kier alpha value is -0.130. The van der Waals surface area contributed by atoms with Crippen molar-refractivity contribution in [2.24, 2.45) is 11.1 Å². The molecule has 0 amide bonds. The van der Waals surface area contributed by atoms with Crippen LogP contribution in [0.15, 0.2) is 0 Å². The van der Waals surface area contributed by atoms with Crippen LogP contribution in [0.1, 0.15) is 39.0 Å². The normalized spacial score (nSPS) is 27.9. The Kier molecular flexibility index (Phi) is 5.02. The van der Waals surface area contributed by atoms with E-state index in [9.17, 15) is 8.42 Å². The summed E-state index contributed by atoms with van der Waals surface area (Å²) in [5, 5.41) is 4.91. The van der Waals surface area contributed by atoms with Gasteiger partial charge in [0.2, 0.25) is 10.0 Å². The van der Waals surface area contributed by atoms with Gasteiger partial charge in [-0.3, -0.25) is 0 Å². The lowest BCUT2D eigenvalue weighted by atomic mass is 9.85. The Morgan fingerprint density at radius 3 is 2.60 bits per heavy atom. The molecule has 1 rings (SSSR count). The number of hydrogen-bond acceptors (Lipinski definition) is 3. The molecule has 0 aromatic rings. The van der Waals surface area contributed by atoms with Crippen molar-refractivity contribution in [3.8, 4) is 0 Å². The fourth-order valence-corrected chi connectivity index (χ4v) is 2.50. The van der Waals surface area contributed by atoms with Gasteiger partial charge in [0.25, 0.3) is 0 Å². The average molecular weight is 235 g/mol. The minimum atomic E-state index is -3.37. The van der Waals surface area contributed by atoms with E-state index in [1.807, 2.05) is 0 Å². The molecule has 0 aromatic carbocycles. The zero-order chi connectivity index (χ0) is 11.3. The maximum Gasteiger partial charge on any atom is 0.211 e. The van der Waals surface area contributed by atoms with Gasteiger partial charge in [0, 0.05) is 0 Å². The fourth-order valence-electron chi connectivity index (χ4n) is 2.18. The van der Waals surface area contributed by atoms with Gasteiger partial charge in [0.15, 0.2) is 0 Å². The van der Waals surface area contributed by atoms with Crippen molar-refractivity contribution >= 4 is 10.0 Å². The number of sulfonamides is 1. The van der Waals surface area contributed by atoms with E-state index in [1.54, 1.807) is 0 Å². The molecule has 1 aliphatic carbocycles. The summed E-state index contributed by atoms with van der Waals surface area (Å²) in [6.07, 6.45) is 6.08. The molecular weight excluding hydrogens is 214 g/mol. The van der Waals surface area contributed by atoms with Gasteiger partial charge in [-0.25, -0.2) is 13.6 Å². The predicted molar refractivity (Wildman–Crippen MR) is 60.0 cm³/mol. The third-order valence-corrected chi connectivity index (χ3v) is 3.80. The zero-order valence-corrected chi connectivity index (χ0v) is 10.1. The van der Waals surface area contributed by atoms with Crippen LogP contribution < -0.4 is 5.14 Å². The van der Waals surface area contributed by atoms with E-state index in [0.29, 0.717) is 5.92 Å². The third-order valence-electron chi connectivity index (χ3n) is 3.06. The molecule has 0 bridgehead atoms. The van der Waals surface area contributed by atoms with Gasteiger partial charge in [-0.1, -0.05) is 26.2 Å². The summed E-state index contributed by atoms with van der Waals surface area (Å²) >= 11 is 0. The smallest absolute Gasteiger partial charge is 0.211 e. The maximum atomic E-state index is 10.7. The van der Waals surface area contributed by atoms with Gasteiger partial charge in [-0.15, -0.1) is 0 Å². The minimum absolute atomic E-state index is 0.0695. The van der Waals surface area contributed by atoms with E-state index < -0.39 is 10.0 Å². The predicted octanol–water partition coefficient (Wildman–Crippen LogP) is 1.26. The Morgan fingerprint density at radius 2 is 2.00 bits per heavy atom. The zero-order valence-electron chi connectivity index (χ0n) is 9.31. The third kappa shape index (κ3) is 4.95. The number of ether oxygens (including phenoxy) is 1. The van der Waals surface area contributed by atoms with E-state index in [2.05, 4.69) is 6.92 Å². The minimum Gasteiger partial charge on any atom is -0.377 e. The van der Waals surface area contributed by atoms with Gasteiger partial charge in [-0.05, 0) is 18.8 Å². The summed E-state index contributed by atoms with van der Waals surface area (Å²) in [4.78, 5) is 0. The van der Waals surface area contributed by atoms with Crippen LogP contribution in [0, 0.1) is 5.92 Å². The van der Waals surface area contributed by atoms with Crippen molar-refractivity contribution in [3.05, 3.63) is 0 Å². The second-order valence-corrected chi connectivity index (χ2v) is 5.96. The van der Waals surface area contributed by atoms with Gasteiger partial charge in [0.05, 0.1) is 18.5 Å². The van der Waals surface area contributed by atoms with E-state index in [0.717, 1.165) is 12.8 Å². The molecule has 15 heavy (non-hydrogen) atoms. The molecule has 0 spiro atoms. The summed E-state index contributed by atoms with van der Waals surface area (Å²) in [6, 6.07) is 0. The number of nitrogens with two attached hydrogens (primary N) is 1. The molecule has 2 unspecified atom stereocenters. The lowest BCUT2D eigenvalue weighted by molar-refractivity contribution is -0.00437. The number of rotatable bonds is 5. The summed E-state index contributed by atoms with van der Waals surface area (Å²) in [6.45, 7) is 2.39. The Morgan fingerprint density at radius 1 is 1.33 bits per heavy atom. The molecule has 4 nitrogen and oxygen atoms in total. The second-order valence-electron chi connectivity index (χ2n) is 4.23. The summed E-state index contributed by atoms with van der Waals surface area (Å²) in [7, 11) is -3.37. The fraction of sp³-hybridized carbons (Fsp3) is 1.00. The first-order chi connectivity index (χ1) is 7.03. The van der Waals surface area contributed by atoms with Crippen molar-refractivity contribution < 1.29 is 13.2 Å². The van der Waals surface area contributed by atoms with Gasteiger partial charge in [-0.2, -0.15) is 0 Å². The second kappa shape index (κ2) is 5.82. The van der Waals surface area contributed by atoms with Crippen molar-refractivity contribution in [2.45, 2.75) is 45.1 Å². The Balaban J connectivity index is 2.29. The first kappa shape index (κ1) is 12.9. The topological polar surface area (TPSA) is 69.4 Å². The van der Waals surface area contributed by atoms with Gasteiger partial charge in [0.1, 0.15) is 0 Å². The lowest BCUT2D eigenvalue weighted by Gasteiger charge is -2.30. The van der Waals surface area contributed by atoms with Crippen LogP contribution in [0.25, 0.3) is 0 Å². The van der Waals surface area contributed by atoms with Crippen molar-refractivity contribution in [2.75, 3.05) is 12.4 Å². The van der Waals surface area contributed by atoms with Crippen molar-refractivity contribution in [1.82, 2.24) is 0 Å². The molecule has 1 saturated carbocycles. The summed E-state index contributed by atoms with van der Waals surface area (Å²) in [5.74, 6) is 0.527. The van der Waals surface area contributed by atoms with Gasteiger partial charge >= 0.3 is 0 Å². The molecule has 0 aromatic heterocycles. The van der Waals surface area contributed by atoms with E-state index in [1.165, 1.54) is 19.3 Å². The van der Waals surface area contributed by atoms with Crippen LogP contribution in [-0.4, -0.2) is 26.9 Å². The van der Waals surface area contributed by atoms with E-state index in [-0.39, 0.29) is 18.5 Å². The van der Waals surface area contributed by atoms with Crippen molar-refractivity contribution in [3.63, 3.8) is 0 Å². The van der Waals surface area contributed by atoms with Crippen molar-refractivity contribution in [1.29, 1.82) is 0 Å². The maximum absolute atomic E-state index is 10.7. The largest absolute Gasteiger partial charge is 0.377 e. The molecule has 0 aliphatic heterocycles. The molecule has 90 valence electrons. The monoisotopic (exact) mass is 235 g/mol. The standard InChI is InChI=1S/C10H21NO3S/c1-2-9-5-3-4-6-10(9)14-7-8-15(11,12)13/h9-10H,2-8H2,1H3,(H2,11,12,13). The van der Waals surface area contributed by atoms with E-state index >= 15 is 0 Å². The molecule has 0 saturated heterocycles. The first-order valence-electron chi connectivity index (χ1n) is 5.65. The average Bonchev–Trinajstić information content (AvgIpc) is 2.16. The van der Waals surface area contributed by atoms with Gasteiger partial charge < -0.3 is 4.74 Å². The highest BCUT2D eigenvalue weighted by molar-refractivity contribution is 7.89. The lowest BCUT2D eigenvalue weighted by Crippen LogP contribution is -2.30. The molecule has 5 heteroatoms. The number of primary sulfonamides is 1. The highest BCUT2D eigenvalue weighted by Gasteiger charge is 2.24. The van der Waals surface area contributed by atoms with E-state index in [4.69, 9.17) is 9.88 Å². The molecule has 0 radical (unpaired) electrons. The first-order valence-corrected chi connectivity index (χ1v) is 7.36. The molecule has 1 fully saturated rings. The Bertz CT molecular complexity index is 276. The van der Waals surface area contributed by atoms with Crippen LogP contribution in [0.4, 0.5) is 0 Å². The SMILES string of the molecule is CCC1CCCCC1OCCS(N)(=O)=O. The molecular formula is C10H21NO3S. The van der Waals surface area contributed by atoms with Crippen LogP contribution in [0.2, 0.25) is 0 Å². The molecule has 0 heterocycles. The highest BCUT2D eigenvalue weighted by atomic mass is 32.2. The van der Waals surface area contributed by atoms with Crippen LogP contribution in [0.5, 0.6) is 0 Å². The highest BCUT2D eigenvalue weighted by Crippen LogP contribution is 2.28. The molecule has 2 N–H and O–H groups in total. The molecule has 1 aliphatic rings. The molecule has 2 atom stereocenters. The van der Waals surface area contributed by atoms with Crippen LogP contribution in [-0.2, 0) is 14.8 Å². The summed E-state index contributed by atoms with van der Waals surface area (Å²) in [5.41, 5.74) is 0. The van der Waals surface area contributed by atoms with Crippen LogP contribution in [0.3, 0.4) is 0 Å². The quantitative estimate of drug-likeness (QED) is 0.780. The Labute approximate surface area is 92.2 Å². The summed E-state index contributed by atoms with van der Waals surface area (Å²) < 4.78 is 27.0. The van der Waals surface area contributed by atoms with Crippen LogP contribution >= 0.6 is 0 Å². The number of hydrogen-bond donors (Lipinski definition) is 1.